The molecular formula is C27H28O2S2. The number of benzene rings is 3. The topological polar surface area (TPSA) is 29.5 Å². The number of hydrogen-bond acceptors (Lipinski definition) is 4. The van der Waals surface area contributed by atoms with E-state index in [2.05, 4.69) is 72.8 Å². The minimum atomic E-state index is -0.764. The van der Waals surface area contributed by atoms with Gasteiger partial charge in [-0.25, -0.2) is 0 Å². The molecule has 160 valence electrons. The number of ether oxygens (including phenoxy) is 1. The van der Waals surface area contributed by atoms with Crippen molar-refractivity contribution in [2.75, 3.05) is 18.1 Å². The van der Waals surface area contributed by atoms with E-state index < -0.39 is 11.7 Å². The third-order valence-corrected chi connectivity index (χ3v) is 9.98. The first kappa shape index (κ1) is 21.1. The number of hydrogen-bond donors (Lipinski definition) is 1. The summed E-state index contributed by atoms with van der Waals surface area (Å²) in [4.78, 5) is 0. The number of aliphatic hydroxyl groups is 1. The van der Waals surface area contributed by atoms with Gasteiger partial charge in [0.15, 0.2) is 0 Å². The van der Waals surface area contributed by atoms with Gasteiger partial charge in [0.1, 0.15) is 5.60 Å². The molecule has 1 aliphatic carbocycles. The molecule has 1 heterocycles. The van der Waals surface area contributed by atoms with Crippen LogP contribution in [0.5, 0.6) is 0 Å². The Morgan fingerprint density at radius 2 is 1.26 bits per heavy atom. The van der Waals surface area contributed by atoms with E-state index in [1.807, 2.05) is 41.7 Å². The predicted molar refractivity (Wildman–Crippen MR) is 132 cm³/mol. The van der Waals surface area contributed by atoms with E-state index in [1.54, 1.807) is 0 Å². The fourth-order valence-corrected chi connectivity index (χ4v) is 8.32. The summed E-state index contributed by atoms with van der Waals surface area (Å²) in [6.07, 6.45) is 1.89. The summed E-state index contributed by atoms with van der Waals surface area (Å²) in [7, 11) is 0. The Bertz CT molecular complexity index is 875. The number of rotatable bonds is 7. The summed E-state index contributed by atoms with van der Waals surface area (Å²) in [5.41, 5.74) is 2.46. The second-order valence-corrected chi connectivity index (χ2v) is 11.4. The van der Waals surface area contributed by atoms with Gasteiger partial charge in [0.2, 0.25) is 0 Å². The van der Waals surface area contributed by atoms with E-state index in [4.69, 9.17) is 4.74 Å². The van der Waals surface area contributed by atoms with Crippen molar-refractivity contribution in [1.82, 2.24) is 0 Å². The highest BCUT2D eigenvalue weighted by atomic mass is 32.2. The molecular weight excluding hydrogens is 420 g/mol. The van der Waals surface area contributed by atoms with Crippen molar-refractivity contribution >= 4 is 23.5 Å². The molecule has 4 heteroatoms. The average Bonchev–Trinajstić information content (AvgIpc) is 3.54. The Labute approximate surface area is 193 Å². The lowest BCUT2D eigenvalue weighted by molar-refractivity contribution is -0.0442. The molecule has 1 saturated carbocycles. The van der Waals surface area contributed by atoms with Crippen LogP contribution in [0.1, 0.15) is 29.5 Å². The van der Waals surface area contributed by atoms with E-state index in [1.165, 1.54) is 17.9 Å². The largest absolute Gasteiger partial charge is 0.390 e. The van der Waals surface area contributed by atoms with Gasteiger partial charge >= 0.3 is 0 Å². The maximum Gasteiger partial charge on any atom is 0.143 e. The van der Waals surface area contributed by atoms with Gasteiger partial charge in [0.05, 0.1) is 16.8 Å². The van der Waals surface area contributed by atoms with Gasteiger partial charge in [-0.1, -0.05) is 91.0 Å². The number of thioether (sulfide) groups is 2. The molecule has 3 aromatic rings. The lowest BCUT2D eigenvalue weighted by atomic mass is 9.80. The molecule has 1 spiro atoms. The van der Waals surface area contributed by atoms with Gasteiger partial charge in [0, 0.05) is 5.92 Å². The molecule has 1 N–H and O–H groups in total. The zero-order valence-corrected chi connectivity index (χ0v) is 19.2. The monoisotopic (exact) mass is 448 g/mol. The second-order valence-electron chi connectivity index (χ2n) is 8.33. The molecule has 3 aromatic carbocycles. The standard InChI is InChI=1S/C27H28O2S2/c28-25(24-19-26(24)30-17-10-18-31-26)20-29-27(21-11-4-1-5-12-21,22-13-6-2-7-14-22)23-15-8-3-9-16-23/h1-9,11-16,24-25,28H,10,17-20H2/t24-,25+/m1/s1. The van der Waals surface area contributed by atoms with Crippen molar-refractivity contribution in [3.63, 3.8) is 0 Å². The van der Waals surface area contributed by atoms with Gasteiger partial charge in [-0.2, -0.15) is 0 Å². The smallest absolute Gasteiger partial charge is 0.143 e. The van der Waals surface area contributed by atoms with Crippen molar-refractivity contribution in [1.29, 1.82) is 0 Å². The Morgan fingerprint density at radius 3 is 1.71 bits per heavy atom. The van der Waals surface area contributed by atoms with Crippen LogP contribution in [0.3, 0.4) is 0 Å². The summed E-state index contributed by atoms with van der Waals surface area (Å²) in [6, 6.07) is 31.2. The normalized spacial score (nSPS) is 21.0. The zero-order valence-electron chi connectivity index (χ0n) is 17.5. The van der Waals surface area contributed by atoms with Crippen LogP contribution < -0.4 is 0 Å². The quantitative estimate of drug-likeness (QED) is 0.453. The zero-order chi connectivity index (χ0) is 21.2. The summed E-state index contributed by atoms with van der Waals surface area (Å²) in [5.74, 6) is 2.72. The fraction of sp³-hybridized carbons (Fsp3) is 0.333. The lowest BCUT2D eigenvalue weighted by Gasteiger charge is -2.37. The summed E-state index contributed by atoms with van der Waals surface area (Å²) < 4.78 is 7.03. The molecule has 0 amide bonds. The molecule has 2 fully saturated rings. The molecule has 2 aliphatic rings. The predicted octanol–water partition coefficient (Wildman–Crippen LogP) is 5.94. The molecule has 0 unspecified atom stereocenters. The van der Waals surface area contributed by atoms with Gasteiger partial charge < -0.3 is 9.84 Å². The van der Waals surface area contributed by atoms with Crippen LogP contribution in [0.15, 0.2) is 91.0 Å². The summed E-state index contributed by atoms with van der Waals surface area (Å²) in [5, 5.41) is 11.2. The molecule has 2 nitrogen and oxygen atoms in total. The lowest BCUT2D eigenvalue weighted by Crippen LogP contribution is -2.36. The van der Waals surface area contributed by atoms with Crippen LogP contribution in [0.25, 0.3) is 0 Å². The molecule has 5 rings (SSSR count). The maximum atomic E-state index is 11.2. The molecule has 1 saturated heterocycles. The maximum absolute atomic E-state index is 11.2. The van der Waals surface area contributed by atoms with Crippen molar-refractivity contribution < 1.29 is 9.84 Å². The van der Waals surface area contributed by atoms with Gasteiger partial charge in [-0.3, -0.25) is 0 Å². The highest BCUT2D eigenvalue weighted by Gasteiger charge is 2.59. The molecule has 0 aromatic heterocycles. The Morgan fingerprint density at radius 1 is 0.806 bits per heavy atom. The Kier molecular flexibility index (Phi) is 6.16. The molecule has 0 bridgehead atoms. The Hall–Kier alpha value is -1.72. The highest BCUT2D eigenvalue weighted by Crippen LogP contribution is 2.65. The van der Waals surface area contributed by atoms with Crippen LogP contribution in [-0.4, -0.2) is 33.4 Å². The van der Waals surface area contributed by atoms with E-state index in [9.17, 15) is 5.11 Å². The second kappa shape index (κ2) is 9.03. The minimum Gasteiger partial charge on any atom is -0.390 e. The van der Waals surface area contributed by atoms with Gasteiger partial charge in [-0.05, 0) is 41.0 Å². The number of aliphatic hydroxyl groups excluding tert-OH is 1. The summed E-state index contributed by atoms with van der Waals surface area (Å²) in [6.45, 7) is 0.312. The fourth-order valence-electron chi connectivity index (χ4n) is 4.69. The highest BCUT2D eigenvalue weighted by molar-refractivity contribution is 8.19. The van der Waals surface area contributed by atoms with Gasteiger partial charge in [-0.15, -0.1) is 23.5 Å². The van der Waals surface area contributed by atoms with E-state index >= 15 is 0 Å². The molecule has 1 aliphatic heterocycles. The summed E-state index contributed by atoms with van der Waals surface area (Å²) >= 11 is 4.08. The third kappa shape index (κ3) is 4.07. The van der Waals surface area contributed by atoms with E-state index in [0.717, 1.165) is 23.1 Å². The molecule has 0 radical (unpaired) electrons. The first-order chi connectivity index (χ1) is 15.2. The van der Waals surface area contributed by atoms with Crippen LogP contribution in [0, 0.1) is 5.92 Å². The van der Waals surface area contributed by atoms with Crippen LogP contribution in [0.4, 0.5) is 0 Å². The van der Waals surface area contributed by atoms with Crippen molar-refractivity contribution in [3.8, 4) is 0 Å². The van der Waals surface area contributed by atoms with Crippen molar-refractivity contribution in [2.24, 2.45) is 5.92 Å². The molecule has 2 atom stereocenters. The first-order valence-electron chi connectivity index (χ1n) is 11.0. The van der Waals surface area contributed by atoms with Crippen LogP contribution in [-0.2, 0) is 10.3 Å². The minimum absolute atomic E-state index is 0.218. The van der Waals surface area contributed by atoms with E-state index in [0.29, 0.717) is 12.5 Å². The Balaban J connectivity index is 1.50. The van der Waals surface area contributed by atoms with Crippen molar-refractivity contribution in [3.05, 3.63) is 108 Å². The first-order valence-corrected chi connectivity index (χ1v) is 13.0. The SMILES string of the molecule is O[C@@H](COC(c1ccccc1)(c1ccccc1)c1ccccc1)[C@H]1CC12SCCCS2. The molecule has 31 heavy (non-hydrogen) atoms. The third-order valence-electron chi connectivity index (χ3n) is 6.37. The van der Waals surface area contributed by atoms with E-state index in [-0.39, 0.29) is 4.08 Å². The van der Waals surface area contributed by atoms with Crippen LogP contribution >= 0.6 is 23.5 Å². The van der Waals surface area contributed by atoms with Gasteiger partial charge in [0.25, 0.3) is 0 Å². The average molecular weight is 449 g/mol. The van der Waals surface area contributed by atoms with Crippen LogP contribution in [0.2, 0.25) is 0 Å². The van der Waals surface area contributed by atoms with Crippen molar-refractivity contribution in [2.45, 2.75) is 28.6 Å².